The topological polar surface area (TPSA) is 83.8 Å². The molecule has 0 saturated heterocycles. The highest BCUT2D eigenvalue weighted by molar-refractivity contribution is 5.71. The quantitative estimate of drug-likeness (QED) is 0.525. The number of aliphatic hydroxyl groups is 1. The van der Waals surface area contributed by atoms with Crippen LogP contribution in [-0.2, 0) is 14.3 Å². The van der Waals surface area contributed by atoms with Gasteiger partial charge in [-0.05, 0) is 6.42 Å². The van der Waals surface area contributed by atoms with E-state index in [-0.39, 0.29) is 5.97 Å². The van der Waals surface area contributed by atoms with Crippen LogP contribution < -0.4 is 0 Å². The molecule has 0 radical (unpaired) electrons. The molecule has 0 aliphatic rings. The summed E-state index contributed by atoms with van der Waals surface area (Å²) in [5.41, 5.74) is 0. The molecule has 5 nitrogen and oxygen atoms in total. The van der Waals surface area contributed by atoms with E-state index >= 15 is 0 Å². The third-order valence-corrected chi connectivity index (χ3v) is 1.10. The smallest absolute Gasteiger partial charge is 0.332 e. The Morgan fingerprint density at radius 3 is 2.14 bits per heavy atom. The van der Waals surface area contributed by atoms with Crippen LogP contribution in [0.25, 0.3) is 0 Å². The number of carbonyl (C=O) groups excluding carboxylic acids is 1. The summed E-state index contributed by atoms with van der Waals surface area (Å²) in [5, 5.41) is 16.6. The number of rotatable bonds is 4. The van der Waals surface area contributed by atoms with Crippen LogP contribution in [0.3, 0.4) is 0 Å². The molecule has 1 atom stereocenters. The van der Waals surface area contributed by atoms with E-state index < -0.39 is 12.1 Å². The van der Waals surface area contributed by atoms with Crippen molar-refractivity contribution >= 4 is 11.9 Å². The largest absolute Gasteiger partial charge is 0.479 e. The molecule has 82 valence electrons. The summed E-state index contributed by atoms with van der Waals surface area (Å²) in [6.07, 6.45) is 0.977. The van der Waals surface area contributed by atoms with E-state index in [1.165, 1.54) is 6.92 Å². The lowest BCUT2D eigenvalue weighted by molar-refractivity contribution is -0.146. The number of aliphatic carboxylic acids is 1. The predicted molar refractivity (Wildman–Crippen MR) is 50.5 cm³/mol. The second-order valence-corrected chi connectivity index (χ2v) is 2.42. The SMILES string of the molecule is C=COC(C)=O.CCCC(O)C(=O)O. The molecule has 0 aromatic carbocycles. The van der Waals surface area contributed by atoms with Gasteiger partial charge in [0.1, 0.15) is 0 Å². The highest BCUT2D eigenvalue weighted by atomic mass is 16.5. The summed E-state index contributed by atoms with van der Waals surface area (Å²) in [7, 11) is 0. The summed E-state index contributed by atoms with van der Waals surface area (Å²) in [6.45, 7) is 6.30. The Bertz CT molecular complexity index is 188. The number of hydrogen-bond donors (Lipinski definition) is 2. The summed E-state index contributed by atoms with van der Waals surface area (Å²) in [5.74, 6) is -1.46. The van der Waals surface area contributed by atoms with Gasteiger partial charge in [0, 0.05) is 6.92 Å². The van der Waals surface area contributed by atoms with Crippen LogP contribution >= 0.6 is 0 Å². The van der Waals surface area contributed by atoms with Gasteiger partial charge in [0.05, 0.1) is 6.26 Å². The Morgan fingerprint density at radius 2 is 2.07 bits per heavy atom. The van der Waals surface area contributed by atoms with E-state index in [1.807, 2.05) is 6.92 Å². The molecule has 0 heterocycles. The number of esters is 1. The van der Waals surface area contributed by atoms with Crippen molar-refractivity contribution in [2.45, 2.75) is 32.8 Å². The van der Waals surface area contributed by atoms with Gasteiger partial charge in [0.15, 0.2) is 6.10 Å². The zero-order valence-corrected chi connectivity index (χ0v) is 8.40. The first-order valence-corrected chi connectivity index (χ1v) is 4.14. The van der Waals surface area contributed by atoms with Gasteiger partial charge in [-0.15, -0.1) is 0 Å². The van der Waals surface area contributed by atoms with Crippen molar-refractivity contribution in [1.29, 1.82) is 0 Å². The van der Waals surface area contributed by atoms with Crippen molar-refractivity contribution in [3.63, 3.8) is 0 Å². The van der Waals surface area contributed by atoms with Crippen LogP contribution in [0.2, 0.25) is 0 Å². The van der Waals surface area contributed by atoms with Crippen molar-refractivity contribution in [2.75, 3.05) is 0 Å². The highest BCUT2D eigenvalue weighted by Crippen LogP contribution is 1.94. The van der Waals surface area contributed by atoms with Gasteiger partial charge in [-0.1, -0.05) is 19.9 Å². The Hall–Kier alpha value is -1.36. The molecule has 0 aliphatic heterocycles. The molecule has 0 aliphatic carbocycles. The Balaban J connectivity index is 0. The molecular formula is C9H16O5. The molecule has 0 fully saturated rings. The van der Waals surface area contributed by atoms with Crippen LogP contribution in [0.4, 0.5) is 0 Å². The van der Waals surface area contributed by atoms with Crippen LogP contribution in [-0.4, -0.2) is 28.3 Å². The Morgan fingerprint density at radius 1 is 1.57 bits per heavy atom. The number of carboxylic acids is 1. The van der Waals surface area contributed by atoms with Crippen molar-refractivity contribution in [2.24, 2.45) is 0 Å². The summed E-state index contributed by atoms with van der Waals surface area (Å²) >= 11 is 0. The fourth-order valence-corrected chi connectivity index (χ4v) is 0.514. The second kappa shape index (κ2) is 9.73. The van der Waals surface area contributed by atoms with Crippen molar-refractivity contribution in [1.82, 2.24) is 0 Å². The number of carbonyl (C=O) groups is 2. The minimum atomic E-state index is -1.17. The van der Waals surface area contributed by atoms with Gasteiger partial charge < -0.3 is 14.9 Å². The average Bonchev–Trinajstić information content (AvgIpc) is 2.05. The van der Waals surface area contributed by atoms with E-state index in [0.29, 0.717) is 12.8 Å². The second-order valence-electron chi connectivity index (χ2n) is 2.42. The van der Waals surface area contributed by atoms with E-state index in [4.69, 9.17) is 10.2 Å². The number of ether oxygens (including phenoxy) is 1. The molecule has 1 unspecified atom stereocenters. The first-order chi connectivity index (χ1) is 6.45. The highest BCUT2D eigenvalue weighted by Gasteiger charge is 2.09. The van der Waals surface area contributed by atoms with Crippen molar-refractivity contribution < 1.29 is 24.5 Å². The fraction of sp³-hybridized carbons (Fsp3) is 0.556. The first-order valence-electron chi connectivity index (χ1n) is 4.14. The molecule has 0 aromatic heterocycles. The van der Waals surface area contributed by atoms with Gasteiger partial charge in [-0.25, -0.2) is 4.79 Å². The summed E-state index contributed by atoms with van der Waals surface area (Å²) < 4.78 is 4.17. The van der Waals surface area contributed by atoms with Gasteiger partial charge in [0.2, 0.25) is 0 Å². The molecular weight excluding hydrogens is 188 g/mol. The van der Waals surface area contributed by atoms with Crippen LogP contribution in [0.5, 0.6) is 0 Å². The van der Waals surface area contributed by atoms with E-state index in [9.17, 15) is 9.59 Å². The first kappa shape index (κ1) is 15.1. The minimum absolute atomic E-state index is 0.329. The van der Waals surface area contributed by atoms with Crippen LogP contribution in [0.1, 0.15) is 26.7 Å². The summed E-state index contributed by atoms with van der Waals surface area (Å²) in [4.78, 5) is 19.6. The molecule has 5 heteroatoms. The normalized spacial score (nSPS) is 10.5. The zero-order valence-electron chi connectivity index (χ0n) is 8.40. The lowest BCUT2D eigenvalue weighted by Crippen LogP contribution is -2.18. The van der Waals surface area contributed by atoms with Gasteiger partial charge >= 0.3 is 11.9 Å². The molecule has 2 N–H and O–H groups in total. The Kier molecular flexibility index (Phi) is 10.5. The molecule has 0 rings (SSSR count). The molecule has 0 spiro atoms. The van der Waals surface area contributed by atoms with E-state index in [0.717, 1.165) is 6.26 Å². The molecule has 14 heavy (non-hydrogen) atoms. The molecule has 0 amide bonds. The lowest BCUT2D eigenvalue weighted by Gasteiger charge is -1.99. The molecule has 0 saturated carbocycles. The van der Waals surface area contributed by atoms with Gasteiger partial charge in [0.25, 0.3) is 0 Å². The number of carboxylic acid groups (broad SMARTS) is 1. The van der Waals surface area contributed by atoms with Gasteiger partial charge in [-0.3, -0.25) is 4.79 Å². The summed E-state index contributed by atoms with van der Waals surface area (Å²) in [6, 6.07) is 0. The third kappa shape index (κ3) is 13.2. The standard InChI is InChI=1S/C5H10O3.C4H6O2/c1-2-3-4(6)5(7)8;1-3-6-4(2)5/h4,6H,2-3H2,1H3,(H,7,8);3H,1H2,2H3. The average molecular weight is 204 g/mol. The van der Waals surface area contributed by atoms with E-state index in [2.05, 4.69) is 11.3 Å². The number of hydrogen-bond acceptors (Lipinski definition) is 4. The Labute approximate surface area is 83.0 Å². The molecule has 0 bridgehead atoms. The van der Waals surface area contributed by atoms with Crippen molar-refractivity contribution in [3.8, 4) is 0 Å². The van der Waals surface area contributed by atoms with Gasteiger partial charge in [-0.2, -0.15) is 0 Å². The van der Waals surface area contributed by atoms with Crippen molar-refractivity contribution in [3.05, 3.63) is 12.8 Å². The maximum Gasteiger partial charge on any atom is 0.332 e. The maximum atomic E-state index is 9.84. The lowest BCUT2D eigenvalue weighted by atomic mass is 10.2. The minimum Gasteiger partial charge on any atom is -0.479 e. The predicted octanol–water partition coefficient (Wildman–Crippen LogP) is 0.925. The monoisotopic (exact) mass is 204 g/mol. The third-order valence-electron chi connectivity index (χ3n) is 1.10. The van der Waals surface area contributed by atoms with Crippen LogP contribution in [0.15, 0.2) is 12.8 Å². The van der Waals surface area contributed by atoms with E-state index in [1.54, 1.807) is 0 Å². The number of aliphatic hydroxyl groups excluding tert-OH is 1. The zero-order chi connectivity index (χ0) is 11.6. The maximum absolute atomic E-state index is 9.84. The fourth-order valence-electron chi connectivity index (χ4n) is 0.514. The van der Waals surface area contributed by atoms with Crippen LogP contribution in [0, 0.1) is 0 Å². The molecule has 0 aromatic rings.